The number of aryl methyl sites for hydroxylation is 1. The summed E-state index contributed by atoms with van der Waals surface area (Å²) in [6.07, 6.45) is 2.04. The molecule has 1 N–H and O–H groups in total. The molecule has 3 rings (SSSR count). The Balaban J connectivity index is 1.86. The van der Waals surface area contributed by atoms with E-state index in [4.69, 9.17) is 4.74 Å². The molecule has 0 atom stereocenters. The molecule has 1 aliphatic rings. The third-order valence-electron chi connectivity index (χ3n) is 4.06. The van der Waals surface area contributed by atoms with Crippen molar-refractivity contribution in [3.05, 3.63) is 54.1 Å². The van der Waals surface area contributed by atoms with E-state index in [2.05, 4.69) is 16.6 Å². The molecule has 0 saturated heterocycles. The predicted octanol–water partition coefficient (Wildman–Crippen LogP) is 3.46. The zero-order chi connectivity index (χ0) is 16.9. The largest absolute Gasteiger partial charge is 0.497 e. The normalized spacial score (nSPS) is 14.1. The summed E-state index contributed by atoms with van der Waals surface area (Å²) in [5.74, 6) is 1.15. The van der Waals surface area contributed by atoms with Crippen LogP contribution in [0.3, 0.4) is 0 Å². The Kier molecular flexibility index (Phi) is 4.79. The molecule has 0 aromatic heterocycles. The minimum Gasteiger partial charge on any atom is -0.497 e. The van der Waals surface area contributed by atoms with Gasteiger partial charge in [0.15, 0.2) is 11.6 Å². The highest BCUT2D eigenvalue weighted by Crippen LogP contribution is 2.27. The average Bonchev–Trinajstić information content (AvgIpc) is 2.62. The second-order valence-corrected chi connectivity index (χ2v) is 5.72. The molecule has 124 valence electrons. The van der Waals surface area contributed by atoms with E-state index < -0.39 is 0 Å². The van der Waals surface area contributed by atoms with Crippen molar-refractivity contribution in [2.45, 2.75) is 19.8 Å². The van der Waals surface area contributed by atoms with Gasteiger partial charge < -0.3 is 9.64 Å². The minimum atomic E-state index is -0.0623. The number of rotatable bonds is 4. The summed E-state index contributed by atoms with van der Waals surface area (Å²) in [6.45, 7) is 2.34. The number of hydrogen-bond acceptors (Lipinski definition) is 4. The lowest BCUT2D eigenvalue weighted by Gasteiger charge is -2.30. The van der Waals surface area contributed by atoms with Crippen molar-refractivity contribution in [3.8, 4) is 5.75 Å². The van der Waals surface area contributed by atoms with Gasteiger partial charge in [-0.3, -0.25) is 10.2 Å². The van der Waals surface area contributed by atoms with E-state index in [1.165, 1.54) is 5.56 Å². The first-order valence-corrected chi connectivity index (χ1v) is 8.03. The number of amidine groups is 1. The van der Waals surface area contributed by atoms with Crippen LogP contribution in [0.25, 0.3) is 0 Å². The molecule has 2 aromatic rings. The predicted molar refractivity (Wildman–Crippen MR) is 96.8 cm³/mol. The van der Waals surface area contributed by atoms with Gasteiger partial charge in [0.2, 0.25) is 0 Å². The molecule has 0 fully saturated rings. The molecule has 0 unspecified atom stereocenters. The van der Waals surface area contributed by atoms with Crippen LogP contribution >= 0.6 is 0 Å². The number of carbonyl (C=O) groups is 1. The maximum atomic E-state index is 12.1. The van der Waals surface area contributed by atoms with Crippen LogP contribution in [0.5, 0.6) is 5.75 Å². The SMILES string of the molecule is COc1ccc(NN=C(C(C)=O)N2CCCc3ccccc32)cc1. The molecular weight excluding hydrogens is 302 g/mol. The summed E-state index contributed by atoms with van der Waals surface area (Å²) in [4.78, 5) is 14.1. The van der Waals surface area contributed by atoms with E-state index in [1.807, 2.05) is 47.4 Å². The number of fused-ring (bicyclic) bond motifs is 1. The maximum absolute atomic E-state index is 12.1. The quantitative estimate of drug-likeness (QED) is 0.532. The summed E-state index contributed by atoms with van der Waals surface area (Å²) in [5, 5.41) is 4.37. The molecule has 5 nitrogen and oxygen atoms in total. The fourth-order valence-corrected chi connectivity index (χ4v) is 2.87. The summed E-state index contributed by atoms with van der Waals surface area (Å²) < 4.78 is 5.14. The highest BCUT2D eigenvalue weighted by atomic mass is 16.5. The van der Waals surface area contributed by atoms with Gasteiger partial charge in [0.05, 0.1) is 12.8 Å². The molecule has 2 aromatic carbocycles. The molecule has 1 heterocycles. The van der Waals surface area contributed by atoms with Crippen LogP contribution in [-0.4, -0.2) is 25.3 Å². The lowest BCUT2D eigenvalue weighted by atomic mass is 10.0. The first-order valence-electron chi connectivity index (χ1n) is 8.03. The lowest BCUT2D eigenvalue weighted by molar-refractivity contribution is -0.111. The minimum absolute atomic E-state index is 0.0623. The van der Waals surface area contributed by atoms with Gasteiger partial charge in [-0.2, -0.15) is 5.10 Å². The van der Waals surface area contributed by atoms with Crippen molar-refractivity contribution < 1.29 is 9.53 Å². The van der Waals surface area contributed by atoms with Gasteiger partial charge >= 0.3 is 0 Å². The van der Waals surface area contributed by atoms with Gasteiger partial charge in [-0.05, 0) is 48.7 Å². The first-order chi connectivity index (χ1) is 11.7. The van der Waals surface area contributed by atoms with Crippen LogP contribution in [0.15, 0.2) is 53.6 Å². The number of nitrogens with zero attached hydrogens (tertiary/aromatic N) is 2. The van der Waals surface area contributed by atoms with Gasteiger partial charge in [-0.1, -0.05) is 18.2 Å². The van der Waals surface area contributed by atoms with Gasteiger partial charge in [0.25, 0.3) is 0 Å². The third kappa shape index (κ3) is 3.40. The maximum Gasteiger partial charge on any atom is 0.197 e. The Labute approximate surface area is 141 Å². The number of ether oxygens (including phenoxy) is 1. The Bertz CT molecular complexity index is 753. The fourth-order valence-electron chi connectivity index (χ4n) is 2.87. The summed E-state index contributed by atoms with van der Waals surface area (Å²) in [7, 11) is 1.63. The molecule has 0 aliphatic carbocycles. The number of para-hydroxylation sites is 1. The molecule has 0 bridgehead atoms. The summed E-state index contributed by atoms with van der Waals surface area (Å²) >= 11 is 0. The van der Waals surface area contributed by atoms with E-state index in [1.54, 1.807) is 14.0 Å². The fraction of sp³-hybridized carbons (Fsp3) is 0.263. The Hall–Kier alpha value is -2.82. The van der Waals surface area contributed by atoms with E-state index in [0.29, 0.717) is 5.84 Å². The zero-order valence-electron chi connectivity index (χ0n) is 14.0. The van der Waals surface area contributed by atoms with Crippen LogP contribution in [0.4, 0.5) is 11.4 Å². The van der Waals surface area contributed by atoms with Crippen LogP contribution in [0.2, 0.25) is 0 Å². The Morgan fingerprint density at radius 3 is 2.62 bits per heavy atom. The van der Waals surface area contributed by atoms with Crippen molar-refractivity contribution in [2.75, 3.05) is 24.0 Å². The summed E-state index contributed by atoms with van der Waals surface area (Å²) in [5.41, 5.74) is 6.10. The smallest absolute Gasteiger partial charge is 0.197 e. The highest BCUT2D eigenvalue weighted by molar-refractivity contribution is 6.43. The van der Waals surface area contributed by atoms with Gasteiger partial charge in [-0.25, -0.2) is 0 Å². The number of benzene rings is 2. The van der Waals surface area contributed by atoms with Crippen LogP contribution in [0, 0.1) is 0 Å². The number of methoxy groups -OCH3 is 1. The second-order valence-electron chi connectivity index (χ2n) is 5.72. The molecule has 0 spiro atoms. The Morgan fingerprint density at radius 2 is 1.92 bits per heavy atom. The molecule has 0 radical (unpaired) electrons. The van der Waals surface area contributed by atoms with Crippen molar-refractivity contribution >= 4 is 23.0 Å². The van der Waals surface area contributed by atoms with Crippen molar-refractivity contribution in [3.63, 3.8) is 0 Å². The zero-order valence-corrected chi connectivity index (χ0v) is 14.0. The molecular formula is C19H21N3O2. The molecule has 0 amide bonds. The number of Topliss-reactive ketones (excluding diaryl/α,β-unsaturated/α-hetero) is 1. The van der Waals surface area contributed by atoms with Crippen molar-refractivity contribution in [1.29, 1.82) is 0 Å². The van der Waals surface area contributed by atoms with E-state index in [-0.39, 0.29) is 5.78 Å². The topological polar surface area (TPSA) is 53.9 Å². The van der Waals surface area contributed by atoms with Crippen LogP contribution < -0.4 is 15.1 Å². The third-order valence-corrected chi connectivity index (χ3v) is 4.06. The highest BCUT2D eigenvalue weighted by Gasteiger charge is 2.23. The van der Waals surface area contributed by atoms with E-state index in [9.17, 15) is 4.79 Å². The Morgan fingerprint density at radius 1 is 1.17 bits per heavy atom. The van der Waals surface area contributed by atoms with Gasteiger partial charge in [-0.15, -0.1) is 0 Å². The second kappa shape index (κ2) is 7.17. The average molecular weight is 323 g/mol. The summed E-state index contributed by atoms with van der Waals surface area (Å²) in [6, 6.07) is 15.6. The van der Waals surface area contributed by atoms with Crippen LogP contribution in [0.1, 0.15) is 18.9 Å². The van der Waals surface area contributed by atoms with Crippen LogP contribution in [-0.2, 0) is 11.2 Å². The number of anilines is 2. The molecule has 1 aliphatic heterocycles. The van der Waals surface area contributed by atoms with E-state index in [0.717, 1.165) is 36.5 Å². The molecule has 24 heavy (non-hydrogen) atoms. The lowest BCUT2D eigenvalue weighted by Crippen LogP contribution is -2.39. The van der Waals surface area contributed by atoms with E-state index >= 15 is 0 Å². The first kappa shape index (κ1) is 16.1. The number of ketones is 1. The van der Waals surface area contributed by atoms with Crippen molar-refractivity contribution in [2.24, 2.45) is 5.10 Å². The number of hydrogen-bond donors (Lipinski definition) is 1. The van der Waals surface area contributed by atoms with Gasteiger partial charge in [0.1, 0.15) is 5.75 Å². The standard InChI is InChI=1S/C19H21N3O2/c1-14(23)19(21-20-16-9-11-17(24-2)12-10-16)22-13-5-7-15-6-3-4-8-18(15)22/h3-4,6,8-12,20H,5,7,13H2,1-2H3. The monoisotopic (exact) mass is 323 g/mol. The number of hydrazone groups is 1. The number of nitrogens with one attached hydrogen (secondary N) is 1. The van der Waals surface area contributed by atoms with Crippen molar-refractivity contribution in [1.82, 2.24) is 0 Å². The number of carbonyl (C=O) groups excluding carboxylic acids is 1. The molecule has 5 heteroatoms. The van der Waals surface area contributed by atoms with Gasteiger partial charge in [0, 0.05) is 19.2 Å². The molecule has 0 saturated carbocycles.